The van der Waals surface area contributed by atoms with Gasteiger partial charge in [0.1, 0.15) is 15.7 Å². The SMILES string of the molecule is Cc1ccccc1N(C)C(=O)c1ccc([S@@](=O)c2nccs2)c([N+](=O)[O-])c1. The molecule has 27 heavy (non-hydrogen) atoms. The van der Waals surface area contributed by atoms with Crippen molar-refractivity contribution in [3.05, 3.63) is 75.3 Å². The number of hydrogen-bond acceptors (Lipinski definition) is 6. The second-order valence-corrected chi connectivity index (χ2v) is 8.17. The largest absolute Gasteiger partial charge is 0.311 e. The van der Waals surface area contributed by atoms with Crippen LogP contribution in [-0.2, 0) is 10.8 Å². The van der Waals surface area contributed by atoms with Crippen LogP contribution >= 0.6 is 11.3 Å². The molecule has 0 spiro atoms. The summed E-state index contributed by atoms with van der Waals surface area (Å²) >= 11 is 1.15. The normalized spacial score (nSPS) is 11.8. The van der Waals surface area contributed by atoms with Crippen molar-refractivity contribution in [3.8, 4) is 0 Å². The molecule has 0 aliphatic carbocycles. The highest BCUT2D eigenvalue weighted by Gasteiger charge is 2.25. The monoisotopic (exact) mass is 401 g/mol. The van der Waals surface area contributed by atoms with Crippen LogP contribution in [0.4, 0.5) is 11.4 Å². The van der Waals surface area contributed by atoms with Gasteiger partial charge in [0, 0.05) is 35.9 Å². The van der Waals surface area contributed by atoms with Crippen molar-refractivity contribution in [1.29, 1.82) is 0 Å². The molecule has 0 saturated carbocycles. The Morgan fingerprint density at radius 2 is 2.00 bits per heavy atom. The number of nitrogens with zero attached hydrogens (tertiary/aromatic N) is 3. The second-order valence-electron chi connectivity index (χ2n) is 5.66. The van der Waals surface area contributed by atoms with Gasteiger partial charge in [0.05, 0.1) is 4.92 Å². The van der Waals surface area contributed by atoms with Crippen molar-refractivity contribution in [2.75, 3.05) is 11.9 Å². The van der Waals surface area contributed by atoms with Crippen LogP contribution in [0.3, 0.4) is 0 Å². The molecule has 3 aromatic rings. The lowest BCUT2D eigenvalue weighted by atomic mass is 10.1. The molecule has 0 radical (unpaired) electrons. The van der Waals surface area contributed by atoms with Crippen molar-refractivity contribution in [2.45, 2.75) is 16.2 Å². The zero-order valence-corrected chi connectivity index (χ0v) is 16.1. The van der Waals surface area contributed by atoms with E-state index >= 15 is 0 Å². The fourth-order valence-electron chi connectivity index (χ4n) is 2.59. The lowest BCUT2D eigenvalue weighted by Crippen LogP contribution is -2.27. The van der Waals surface area contributed by atoms with Gasteiger partial charge in [-0.05, 0) is 30.7 Å². The van der Waals surface area contributed by atoms with Crippen molar-refractivity contribution in [3.63, 3.8) is 0 Å². The van der Waals surface area contributed by atoms with Crippen molar-refractivity contribution < 1.29 is 13.9 Å². The molecule has 1 amide bonds. The number of thiazole rings is 1. The van der Waals surface area contributed by atoms with Crippen molar-refractivity contribution in [2.24, 2.45) is 0 Å². The average Bonchev–Trinajstić information content (AvgIpc) is 3.21. The van der Waals surface area contributed by atoms with E-state index in [0.29, 0.717) is 5.69 Å². The Hall–Kier alpha value is -2.91. The second kappa shape index (κ2) is 7.77. The molecule has 0 N–H and O–H groups in total. The van der Waals surface area contributed by atoms with Crippen LogP contribution in [0.5, 0.6) is 0 Å². The lowest BCUT2D eigenvalue weighted by molar-refractivity contribution is -0.387. The van der Waals surface area contributed by atoms with E-state index < -0.39 is 15.7 Å². The van der Waals surface area contributed by atoms with Crippen LogP contribution in [0.2, 0.25) is 0 Å². The average molecular weight is 401 g/mol. The molecule has 0 saturated heterocycles. The molecule has 0 bridgehead atoms. The number of nitro groups is 1. The maximum absolute atomic E-state index is 12.8. The van der Waals surface area contributed by atoms with Gasteiger partial charge in [0.15, 0.2) is 4.34 Å². The van der Waals surface area contributed by atoms with Gasteiger partial charge in [-0.1, -0.05) is 18.2 Å². The Labute approximate surface area is 161 Å². The number of nitro benzene ring substituents is 1. The smallest absolute Gasteiger partial charge is 0.286 e. The molecule has 0 aliphatic heterocycles. The van der Waals surface area contributed by atoms with Gasteiger partial charge >= 0.3 is 0 Å². The Kier molecular flexibility index (Phi) is 5.43. The Balaban J connectivity index is 1.99. The predicted molar refractivity (Wildman–Crippen MR) is 104 cm³/mol. The molecule has 3 rings (SSSR count). The minimum absolute atomic E-state index is 0.0186. The molecule has 0 fully saturated rings. The first-order valence-corrected chi connectivity index (χ1v) is 9.86. The molecule has 2 aromatic carbocycles. The fraction of sp³-hybridized carbons (Fsp3) is 0.111. The number of amides is 1. The zero-order valence-electron chi connectivity index (χ0n) is 14.5. The zero-order chi connectivity index (χ0) is 19.6. The summed E-state index contributed by atoms with van der Waals surface area (Å²) in [4.78, 5) is 29.1. The lowest BCUT2D eigenvalue weighted by Gasteiger charge is -2.19. The number of rotatable bonds is 5. The van der Waals surface area contributed by atoms with Crippen LogP contribution in [0.15, 0.2) is 63.3 Å². The van der Waals surface area contributed by atoms with Crippen LogP contribution < -0.4 is 4.90 Å². The van der Waals surface area contributed by atoms with E-state index in [0.717, 1.165) is 23.0 Å². The standard InChI is InChI=1S/C18H15N3O4S2/c1-12-5-3-4-6-14(12)20(2)17(22)13-7-8-16(15(11-13)21(23)24)27(25)18-19-9-10-26-18/h3-11H,1-2H3/t27-/m1/s1. The molecule has 0 unspecified atom stereocenters. The Morgan fingerprint density at radius 1 is 1.26 bits per heavy atom. The van der Waals surface area contributed by atoms with E-state index in [1.165, 1.54) is 23.2 Å². The first-order chi connectivity index (χ1) is 12.9. The molecule has 9 heteroatoms. The number of hydrogen-bond donors (Lipinski definition) is 0. The fourth-order valence-corrected chi connectivity index (χ4v) is 4.59. The van der Waals surface area contributed by atoms with Crippen LogP contribution in [0, 0.1) is 17.0 Å². The summed E-state index contributed by atoms with van der Waals surface area (Å²) in [6.07, 6.45) is 1.48. The number of carbonyl (C=O) groups excluding carboxylic acids is 1. The highest BCUT2D eigenvalue weighted by molar-refractivity contribution is 7.87. The van der Waals surface area contributed by atoms with Crippen LogP contribution in [-0.4, -0.2) is 27.1 Å². The third kappa shape index (κ3) is 3.79. The third-order valence-corrected chi connectivity index (χ3v) is 6.43. The highest BCUT2D eigenvalue weighted by atomic mass is 32.2. The molecule has 1 heterocycles. The Morgan fingerprint density at radius 3 is 2.63 bits per heavy atom. The molecule has 0 aliphatic rings. The van der Waals surface area contributed by atoms with Gasteiger partial charge in [0.2, 0.25) is 0 Å². The Bertz CT molecular complexity index is 1030. The number of carbonyl (C=O) groups is 1. The summed E-state index contributed by atoms with van der Waals surface area (Å²) in [6.45, 7) is 1.88. The first kappa shape index (κ1) is 18.9. The van der Waals surface area contributed by atoms with E-state index in [1.807, 2.05) is 25.1 Å². The molecule has 1 atom stereocenters. The van der Waals surface area contributed by atoms with Gasteiger partial charge in [-0.2, -0.15) is 0 Å². The predicted octanol–water partition coefficient (Wildman–Crippen LogP) is 3.80. The topological polar surface area (TPSA) is 93.4 Å². The van der Waals surface area contributed by atoms with E-state index in [-0.39, 0.29) is 26.4 Å². The molecule has 138 valence electrons. The highest BCUT2D eigenvalue weighted by Crippen LogP contribution is 2.29. The number of para-hydroxylation sites is 1. The van der Waals surface area contributed by atoms with Crippen molar-refractivity contribution in [1.82, 2.24) is 4.98 Å². The van der Waals surface area contributed by atoms with Gasteiger partial charge < -0.3 is 4.90 Å². The summed E-state index contributed by atoms with van der Waals surface area (Å²) in [5.41, 5.74) is 1.39. The van der Waals surface area contributed by atoms with Crippen molar-refractivity contribution >= 4 is 39.4 Å². The van der Waals surface area contributed by atoms with Gasteiger partial charge in [-0.15, -0.1) is 11.3 Å². The number of aryl methyl sites for hydroxylation is 1. The van der Waals surface area contributed by atoms with Gasteiger partial charge in [0.25, 0.3) is 11.6 Å². The summed E-state index contributed by atoms with van der Waals surface area (Å²) in [6, 6.07) is 11.3. The summed E-state index contributed by atoms with van der Waals surface area (Å²) in [7, 11) is -0.170. The number of benzene rings is 2. The van der Waals surface area contributed by atoms with E-state index in [1.54, 1.807) is 18.5 Å². The summed E-state index contributed by atoms with van der Waals surface area (Å²) in [5.74, 6) is -0.390. The molecule has 1 aromatic heterocycles. The molecular weight excluding hydrogens is 386 g/mol. The first-order valence-electron chi connectivity index (χ1n) is 7.83. The third-order valence-electron chi connectivity index (χ3n) is 3.95. The quantitative estimate of drug-likeness (QED) is 0.479. The minimum atomic E-state index is -1.78. The van der Waals surface area contributed by atoms with Gasteiger partial charge in [-0.25, -0.2) is 9.19 Å². The summed E-state index contributed by atoms with van der Waals surface area (Å²) < 4.78 is 12.8. The van der Waals surface area contributed by atoms with E-state index in [4.69, 9.17) is 0 Å². The molecular formula is C18H15N3O4S2. The van der Waals surface area contributed by atoms with Gasteiger partial charge in [-0.3, -0.25) is 14.9 Å². The van der Waals surface area contributed by atoms with E-state index in [9.17, 15) is 19.1 Å². The summed E-state index contributed by atoms with van der Waals surface area (Å²) in [5, 5.41) is 13.1. The number of aromatic nitrogens is 1. The molecule has 7 nitrogen and oxygen atoms in total. The van der Waals surface area contributed by atoms with Crippen LogP contribution in [0.1, 0.15) is 15.9 Å². The number of anilines is 1. The minimum Gasteiger partial charge on any atom is -0.311 e. The maximum atomic E-state index is 12.8. The maximum Gasteiger partial charge on any atom is 0.286 e. The van der Waals surface area contributed by atoms with Crippen LogP contribution in [0.25, 0.3) is 0 Å². The van der Waals surface area contributed by atoms with E-state index in [2.05, 4.69) is 4.98 Å².